The molecule has 1 aromatic rings. The molecule has 0 spiro atoms. The molecule has 5 heteroatoms. The van der Waals surface area contributed by atoms with Crippen LogP contribution in [0.5, 0.6) is 0 Å². The second-order valence-electron chi connectivity index (χ2n) is 2.75. The van der Waals surface area contributed by atoms with E-state index in [4.69, 9.17) is 9.84 Å². The third kappa shape index (κ3) is 2.77. The number of carbonyl (C=O) groups is 1. The van der Waals surface area contributed by atoms with Gasteiger partial charge in [0.05, 0.1) is 0 Å². The summed E-state index contributed by atoms with van der Waals surface area (Å²) >= 11 is 0. The third-order valence-corrected chi connectivity index (χ3v) is 1.55. The Bertz CT molecular complexity index is 339. The van der Waals surface area contributed by atoms with Gasteiger partial charge in [0.1, 0.15) is 6.61 Å². The predicted octanol–water partition coefficient (Wildman–Crippen LogP) is 1.02. The number of hydrogen-bond acceptors (Lipinski definition) is 4. The quantitative estimate of drug-likeness (QED) is 0.778. The summed E-state index contributed by atoms with van der Waals surface area (Å²) in [4.78, 5) is 18.5. The topological polar surface area (TPSA) is 72.3 Å². The second-order valence-corrected chi connectivity index (χ2v) is 2.75. The molecule has 0 radical (unpaired) electrons. The van der Waals surface area contributed by atoms with Crippen LogP contribution in [0, 0.1) is 6.92 Å². The van der Waals surface area contributed by atoms with Crippen molar-refractivity contribution in [1.29, 1.82) is 0 Å². The molecule has 0 aliphatic rings. The minimum atomic E-state index is -1.05. The van der Waals surface area contributed by atoms with E-state index < -0.39 is 5.97 Å². The molecule has 0 amide bonds. The van der Waals surface area contributed by atoms with E-state index in [0.717, 1.165) is 0 Å². The number of aromatic nitrogens is 2. The summed E-state index contributed by atoms with van der Waals surface area (Å²) in [5.41, 5.74) is 0.638. The first-order valence-electron chi connectivity index (χ1n) is 4.29. The zero-order chi connectivity index (χ0) is 10.6. The van der Waals surface area contributed by atoms with Gasteiger partial charge in [0.15, 0.2) is 11.5 Å². The minimum absolute atomic E-state index is 0.00667. The lowest BCUT2D eigenvalue weighted by atomic mass is 10.3. The highest BCUT2D eigenvalue weighted by Gasteiger charge is 2.08. The lowest BCUT2D eigenvalue weighted by molar-refractivity contribution is 0.0688. The second kappa shape index (κ2) is 4.66. The van der Waals surface area contributed by atoms with Gasteiger partial charge in [0.25, 0.3) is 0 Å². The van der Waals surface area contributed by atoms with E-state index in [1.165, 1.54) is 6.07 Å². The number of aryl methyl sites for hydroxylation is 1. The molecular formula is C9H12N2O3. The van der Waals surface area contributed by atoms with Crippen LogP contribution >= 0.6 is 0 Å². The van der Waals surface area contributed by atoms with Crippen LogP contribution in [-0.4, -0.2) is 27.7 Å². The molecular weight excluding hydrogens is 184 g/mol. The molecule has 14 heavy (non-hydrogen) atoms. The van der Waals surface area contributed by atoms with Crippen LogP contribution in [-0.2, 0) is 11.3 Å². The molecule has 0 aliphatic carbocycles. The van der Waals surface area contributed by atoms with E-state index >= 15 is 0 Å². The first-order chi connectivity index (χ1) is 6.63. The van der Waals surface area contributed by atoms with Crippen molar-refractivity contribution in [2.75, 3.05) is 6.61 Å². The molecule has 1 heterocycles. The Morgan fingerprint density at radius 3 is 2.86 bits per heavy atom. The van der Waals surface area contributed by atoms with E-state index in [9.17, 15) is 4.79 Å². The van der Waals surface area contributed by atoms with Gasteiger partial charge in [-0.3, -0.25) is 0 Å². The molecule has 1 aromatic heterocycles. The normalized spacial score (nSPS) is 10.1. The SMILES string of the molecule is CCOCc1nc(C)cc(C(=O)O)n1. The molecule has 5 nitrogen and oxygen atoms in total. The fourth-order valence-electron chi connectivity index (χ4n) is 0.997. The van der Waals surface area contributed by atoms with Crippen molar-refractivity contribution in [3.63, 3.8) is 0 Å². The first-order valence-corrected chi connectivity index (χ1v) is 4.29. The fraction of sp³-hybridized carbons (Fsp3) is 0.444. The summed E-state index contributed by atoms with van der Waals surface area (Å²) in [6.07, 6.45) is 0. The maximum atomic E-state index is 10.6. The van der Waals surface area contributed by atoms with Crippen molar-refractivity contribution in [2.24, 2.45) is 0 Å². The fourth-order valence-corrected chi connectivity index (χ4v) is 0.997. The molecule has 0 unspecified atom stereocenters. The van der Waals surface area contributed by atoms with Crippen LogP contribution in [0.15, 0.2) is 6.07 Å². The van der Waals surface area contributed by atoms with Gasteiger partial charge in [-0.15, -0.1) is 0 Å². The van der Waals surface area contributed by atoms with E-state index in [0.29, 0.717) is 18.1 Å². The van der Waals surface area contributed by atoms with Gasteiger partial charge in [-0.1, -0.05) is 0 Å². The van der Waals surface area contributed by atoms with E-state index in [-0.39, 0.29) is 12.3 Å². The highest BCUT2D eigenvalue weighted by atomic mass is 16.5. The van der Waals surface area contributed by atoms with Crippen molar-refractivity contribution in [2.45, 2.75) is 20.5 Å². The van der Waals surface area contributed by atoms with Crippen LogP contribution in [0.1, 0.15) is 28.9 Å². The summed E-state index contributed by atoms with van der Waals surface area (Å²) in [6, 6.07) is 1.43. The van der Waals surface area contributed by atoms with Crippen molar-refractivity contribution in [3.05, 3.63) is 23.3 Å². The number of rotatable bonds is 4. The highest BCUT2D eigenvalue weighted by Crippen LogP contribution is 2.01. The lowest BCUT2D eigenvalue weighted by Gasteiger charge is -2.02. The Labute approximate surface area is 81.8 Å². The van der Waals surface area contributed by atoms with Crippen molar-refractivity contribution in [1.82, 2.24) is 9.97 Å². The lowest BCUT2D eigenvalue weighted by Crippen LogP contribution is -2.07. The zero-order valence-corrected chi connectivity index (χ0v) is 8.15. The summed E-state index contributed by atoms with van der Waals surface area (Å²) in [7, 11) is 0. The molecule has 1 rings (SSSR count). The highest BCUT2D eigenvalue weighted by molar-refractivity contribution is 5.85. The summed E-state index contributed by atoms with van der Waals surface area (Å²) < 4.78 is 5.09. The van der Waals surface area contributed by atoms with Crippen LogP contribution in [0.25, 0.3) is 0 Å². The number of ether oxygens (including phenoxy) is 1. The van der Waals surface area contributed by atoms with E-state index in [1.54, 1.807) is 6.92 Å². The standard InChI is InChI=1S/C9H12N2O3/c1-3-14-5-8-10-6(2)4-7(11-8)9(12)13/h4H,3,5H2,1-2H3,(H,12,13). The molecule has 0 aromatic carbocycles. The van der Waals surface area contributed by atoms with Gasteiger partial charge < -0.3 is 9.84 Å². The zero-order valence-electron chi connectivity index (χ0n) is 8.15. The number of nitrogens with zero attached hydrogens (tertiary/aromatic N) is 2. The number of hydrogen-bond donors (Lipinski definition) is 1. The third-order valence-electron chi connectivity index (χ3n) is 1.55. The first kappa shape index (κ1) is 10.6. The average molecular weight is 196 g/mol. The number of aromatic carboxylic acids is 1. The number of carboxylic acids is 1. The summed E-state index contributed by atoms with van der Waals surface area (Å²) in [5.74, 6) is -0.641. The minimum Gasteiger partial charge on any atom is -0.477 e. The maximum Gasteiger partial charge on any atom is 0.354 e. The monoisotopic (exact) mass is 196 g/mol. The van der Waals surface area contributed by atoms with E-state index in [2.05, 4.69) is 9.97 Å². The molecule has 0 atom stereocenters. The number of carboxylic acid groups (broad SMARTS) is 1. The molecule has 0 saturated heterocycles. The Hall–Kier alpha value is -1.49. The molecule has 1 N–H and O–H groups in total. The predicted molar refractivity (Wildman–Crippen MR) is 49.1 cm³/mol. The Morgan fingerprint density at radius 1 is 1.57 bits per heavy atom. The molecule has 0 aliphatic heterocycles. The average Bonchev–Trinajstić information content (AvgIpc) is 2.14. The van der Waals surface area contributed by atoms with Gasteiger partial charge >= 0.3 is 5.97 Å². The summed E-state index contributed by atoms with van der Waals surface area (Å²) in [5, 5.41) is 8.73. The van der Waals surface area contributed by atoms with Gasteiger partial charge in [-0.05, 0) is 19.9 Å². The van der Waals surface area contributed by atoms with Crippen molar-refractivity contribution < 1.29 is 14.6 Å². The van der Waals surface area contributed by atoms with Gasteiger partial charge in [0.2, 0.25) is 0 Å². The summed E-state index contributed by atoms with van der Waals surface area (Å²) in [6.45, 7) is 4.38. The van der Waals surface area contributed by atoms with Gasteiger partial charge in [-0.2, -0.15) is 0 Å². The van der Waals surface area contributed by atoms with Crippen LogP contribution in [0.3, 0.4) is 0 Å². The van der Waals surface area contributed by atoms with Gasteiger partial charge in [-0.25, -0.2) is 14.8 Å². The Kier molecular flexibility index (Phi) is 3.53. The van der Waals surface area contributed by atoms with Crippen molar-refractivity contribution >= 4 is 5.97 Å². The largest absolute Gasteiger partial charge is 0.477 e. The van der Waals surface area contributed by atoms with Crippen LogP contribution in [0.2, 0.25) is 0 Å². The smallest absolute Gasteiger partial charge is 0.354 e. The Morgan fingerprint density at radius 2 is 2.29 bits per heavy atom. The van der Waals surface area contributed by atoms with Crippen LogP contribution < -0.4 is 0 Å². The molecule has 0 bridgehead atoms. The maximum absolute atomic E-state index is 10.6. The molecule has 76 valence electrons. The van der Waals surface area contributed by atoms with E-state index in [1.807, 2.05) is 6.92 Å². The molecule has 0 saturated carbocycles. The Balaban J connectivity index is 2.89. The van der Waals surface area contributed by atoms with Crippen molar-refractivity contribution in [3.8, 4) is 0 Å². The van der Waals surface area contributed by atoms with Gasteiger partial charge in [0, 0.05) is 12.3 Å². The molecule has 0 fully saturated rings. The van der Waals surface area contributed by atoms with Crippen LogP contribution in [0.4, 0.5) is 0 Å².